The molecule has 2 rings (SSSR count). The molecule has 1 aliphatic rings. The lowest BCUT2D eigenvalue weighted by Crippen LogP contribution is -2.07. The minimum absolute atomic E-state index is 0.250. The molecule has 0 unspecified atom stereocenters. The second-order valence-electron chi connectivity index (χ2n) is 4.30. The highest BCUT2D eigenvalue weighted by atomic mass is 16.5. The quantitative estimate of drug-likeness (QED) is 0.708. The van der Waals surface area contributed by atoms with Crippen LogP contribution >= 0.6 is 0 Å². The van der Waals surface area contributed by atoms with Gasteiger partial charge >= 0.3 is 0 Å². The Morgan fingerprint density at radius 1 is 1.33 bits per heavy atom. The molecule has 2 nitrogen and oxygen atoms in total. The zero-order valence-corrected chi connectivity index (χ0v) is 9.46. The highest BCUT2D eigenvalue weighted by Gasteiger charge is 2.33. The first-order chi connectivity index (χ1) is 7.13. The van der Waals surface area contributed by atoms with Crippen LogP contribution < -0.4 is 4.74 Å². The number of Topliss-reactive ketones (excluding diaryl/α,β-unsaturated/α-hetero) is 1. The van der Waals surface area contributed by atoms with Crippen LogP contribution in [0.1, 0.15) is 34.3 Å². The van der Waals surface area contributed by atoms with Gasteiger partial charge in [-0.25, -0.2) is 0 Å². The Bertz CT molecular complexity index is 403. The first kappa shape index (κ1) is 10.2. The molecule has 0 saturated heterocycles. The van der Waals surface area contributed by atoms with Crippen molar-refractivity contribution in [2.24, 2.45) is 5.92 Å². The smallest absolute Gasteiger partial charge is 0.169 e. The van der Waals surface area contributed by atoms with Crippen LogP contribution in [-0.2, 0) is 0 Å². The van der Waals surface area contributed by atoms with Crippen molar-refractivity contribution in [3.05, 3.63) is 28.8 Å². The van der Waals surface area contributed by atoms with Crippen molar-refractivity contribution >= 4 is 5.78 Å². The summed E-state index contributed by atoms with van der Waals surface area (Å²) in [4.78, 5) is 12.0. The van der Waals surface area contributed by atoms with E-state index in [1.807, 2.05) is 26.0 Å². The Hall–Kier alpha value is -1.31. The van der Waals surface area contributed by atoms with Crippen LogP contribution in [0.25, 0.3) is 0 Å². The van der Waals surface area contributed by atoms with Gasteiger partial charge in [0.25, 0.3) is 0 Å². The maximum atomic E-state index is 12.0. The van der Waals surface area contributed by atoms with E-state index < -0.39 is 0 Å². The van der Waals surface area contributed by atoms with Gasteiger partial charge in [-0.1, -0.05) is 6.07 Å². The third-order valence-electron chi connectivity index (χ3n) is 2.86. The van der Waals surface area contributed by atoms with Crippen molar-refractivity contribution in [2.75, 3.05) is 7.11 Å². The number of hydrogen-bond donors (Lipinski definition) is 0. The lowest BCUT2D eigenvalue weighted by molar-refractivity contribution is 0.0964. The van der Waals surface area contributed by atoms with Crippen molar-refractivity contribution in [1.29, 1.82) is 0 Å². The summed E-state index contributed by atoms with van der Waals surface area (Å²) in [6.07, 6.45) is 2.07. The van der Waals surface area contributed by atoms with Crippen molar-refractivity contribution in [2.45, 2.75) is 26.7 Å². The molecule has 0 atom stereocenters. The van der Waals surface area contributed by atoms with Crippen molar-refractivity contribution < 1.29 is 9.53 Å². The third-order valence-corrected chi connectivity index (χ3v) is 2.86. The molecule has 0 aromatic heterocycles. The normalized spacial score (nSPS) is 15.1. The summed E-state index contributed by atoms with van der Waals surface area (Å²) in [7, 11) is 1.62. The molecule has 0 amide bonds. The second kappa shape index (κ2) is 3.69. The summed E-state index contributed by atoms with van der Waals surface area (Å²) in [5, 5.41) is 0. The molecule has 80 valence electrons. The summed E-state index contributed by atoms with van der Waals surface area (Å²) >= 11 is 0. The van der Waals surface area contributed by atoms with Crippen LogP contribution in [0.5, 0.6) is 5.75 Å². The molecule has 0 heterocycles. The van der Waals surface area contributed by atoms with Gasteiger partial charge in [-0.2, -0.15) is 0 Å². The largest absolute Gasteiger partial charge is 0.496 e. The molecule has 1 saturated carbocycles. The zero-order chi connectivity index (χ0) is 11.0. The summed E-state index contributed by atoms with van der Waals surface area (Å²) in [6, 6.07) is 3.97. The fraction of sp³-hybridized carbons (Fsp3) is 0.462. The van der Waals surface area contributed by atoms with E-state index in [4.69, 9.17) is 4.74 Å². The zero-order valence-electron chi connectivity index (χ0n) is 9.46. The van der Waals surface area contributed by atoms with Crippen LogP contribution in [-0.4, -0.2) is 12.9 Å². The highest BCUT2D eigenvalue weighted by molar-refractivity contribution is 6.03. The molecule has 0 spiro atoms. The van der Waals surface area contributed by atoms with Crippen LogP contribution in [0.2, 0.25) is 0 Å². The highest BCUT2D eigenvalue weighted by Crippen LogP contribution is 2.36. The Kier molecular flexibility index (Phi) is 2.51. The molecule has 1 fully saturated rings. The first-order valence-corrected chi connectivity index (χ1v) is 5.33. The summed E-state index contributed by atoms with van der Waals surface area (Å²) in [6.45, 7) is 3.99. The molecule has 1 aromatic carbocycles. The summed E-state index contributed by atoms with van der Waals surface area (Å²) in [5.74, 6) is 1.23. The third kappa shape index (κ3) is 1.89. The van der Waals surface area contributed by atoms with E-state index in [2.05, 4.69) is 0 Å². The molecule has 0 aliphatic heterocycles. The molecule has 1 aliphatic carbocycles. The summed E-state index contributed by atoms with van der Waals surface area (Å²) < 4.78 is 5.29. The number of carbonyl (C=O) groups excluding carboxylic acids is 1. The molecule has 0 N–H and O–H groups in total. The Morgan fingerprint density at radius 2 is 2.00 bits per heavy atom. The fourth-order valence-electron chi connectivity index (χ4n) is 1.96. The molecular weight excluding hydrogens is 188 g/mol. The van der Waals surface area contributed by atoms with Crippen molar-refractivity contribution in [1.82, 2.24) is 0 Å². The Balaban J connectivity index is 2.47. The van der Waals surface area contributed by atoms with E-state index in [9.17, 15) is 4.79 Å². The fourth-order valence-corrected chi connectivity index (χ4v) is 1.96. The van der Waals surface area contributed by atoms with Crippen LogP contribution in [0, 0.1) is 19.8 Å². The van der Waals surface area contributed by atoms with Gasteiger partial charge < -0.3 is 4.74 Å². The monoisotopic (exact) mass is 204 g/mol. The van der Waals surface area contributed by atoms with Gasteiger partial charge in [0, 0.05) is 5.92 Å². The number of rotatable bonds is 3. The molecule has 0 radical (unpaired) electrons. The van der Waals surface area contributed by atoms with Crippen LogP contribution in [0.15, 0.2) is 12.1 Å². The lowest BCUT2D eigenvalue weighted by Gasteiger charge is -2.11. The summed E-state index contributed by atoms with van der Waals surface area (Å²) in [5.41, 5.74) is 2.95. The number of carbonyl (C=O) groups is 1. The van der Waals surface area contributed by atoms with Gasteiger partial charge in [0.05, 0.1) is 12.7 Å². The van der Waals surface area contributed by atoms with Gasteiger partial charge in [-0.3, -0.25) is 4.79 Å². The number of hydrogen-bond acceptors (Lipinski definition) is 2. The molecular formula is C13H16O2. The Labute approximate surface area is 90.3 Å². The first-order valence-electron chi connectivity index (χ1n) is 5.33. The van der Waals surface area contributed by atoms with E-state index in [1.165, 1.54) is 0 Å². The number of ether oxygens (including phenoxy) is 1. The average molecular weight is 204 g/mol. The lowest BCUT2D eigenvalue weighted by atomic mass is 9.98. The average Bonchev–Trinajstić information content (AvgIpc) is 2.98. The van der Waals surface area contributed by atoms with Gasteiger partial charge in [-0.05, 0) is 43.9 Å². The van der Waals surface area contributed by atoms with Crippen molar-refractivity contribution in [3.63, 3.8) is 0 Å². The van der Waals surface area contributed by atoms with Crippen LogP contribution in [0.4, 0.5) is 0 Å². The maximum absolute atomic E-state index is 12.0. The SMILES string of the molecule is COc1cc(C)cc(C)c1C(=O)C1CC1. The van der Waals surface area contributed by atoms with E-state index in [0.29, 0.717) is 0 Å². The molecule has 15 heavy (non-hydrogen) atoms. The topological polar surface area (TPSA) is 26.3 Å². The minimum atomic E-state index is 0.250. The van der Waals surface area contributed by atoms with Gasteiger partial charge in [0.1, 0.15) is 5.75 Å². The number of aryl methyl sites for hydroxylation is 2. The number of methoxy groups -OCH3 is 1. The molecule has 2 heteroatoms. The Morgan fingerprint density at radius 3 is 2.53 bits per heavy atom. The predicted octanol–water partition coefficient (Wildman–Crippen LogP) is 2.90. The van der Waals surface area contributed by atoms with Gasteiger partial charge in [0.15, 0.2) is 5.78 Å². The minimum Gasteiger partial charge on any atom is -0.496 e. The number of benzene rings is 1. The second-order valence-corrected chi connectivity index (χ2v) is 4.30. The molecule has 0 bridgehead atoms. The van der Waals surface area contributed by atoms with E-state index in [-0.39, 0.29) is 11.7 Å². The van der Waals surface area contributed by atoms with E-state index >= 15 is 0 Å². The van der Waals surface area contributed by atoms with E-state index in [1.54, 1.807) is 7.11 Å². The van der Waals surface area contributed by atoms with Gasteiger partial charge in [-0.15, -0.1) is 0 Å². The van der Waals surface area contributed by atoms with E-state index in [0.717, 1.165) is 35.3 Å². The maximum Gasteiger partial charge on any atom is 0.169 e. The van der Waals surface area contributed by atoms with Gasteiger partial charge in [0.2, 0.25) is 0 Å². The number of ketones is 1. The predicted molar refractivity (Wildman–Crippen MR) is 59.5 cm³/mol. The van der Waals surface area contributed by atoms with Crippen LogP contribution in [0.3, 0.4) is 0 Å². The molecule has 1 aromatic rings. The van der Waals surface area contributed by atoms with Crippen molar-refractivity contribution in [3.8, 4) is 5.75 Å². The standard InChI is InChI=1S/C13H16O2/c1-8-6-9(2)12(11(7-8)15-3)13(14)10-4-5-10/h6-7,10H,4-5H2,1-3H3.